The van der Waals surface area contributed by atoms with Gasteiger partial charge in [-0.3, -0.25) is 9.59 Å². The van der Waals surface area contributed by atoms with Crippen LogP contribution in [0, 0.1) is 5.92 Å². The van der Waals surface area contributed by atoms with Crippen LogP contribution in [0.3, 0.4) is 0 Å². The van der Waals surface area contributed by atoms with Gasteiger partial charge in [0.1, 0.15) is 0 Å². The van der Waals surface area contributed by atoms with Crippen LogP contribution in [-0.4, -0.2) is 16.4 Å². The summed E-state index contributed by atoms with van der Waals surface area (Å²) in [6, 6.07) is 15.8. The van der Waals surface area contributed by atoms with Crippen molar-refractivity contribution in [2.75, 3.05) is 4.90 Å². The Bertz CT molecular complexity index is 1130. The summed E-state index contributed by atoms with van der Waals surface area (Å²) in [7, 11) is 0. The summed E-state index contributed by atoms with van der Waals surface area (Å²) in [6.45, 7) is 0.985. The maximum absolute atomic E-state index is 13.5. The highest BCUT2D eigenvalue weighted by Gasteiger charge is 2.55. The quantitative estimate of drug-likeness (QED) is 0.541. The normalized spacial score (nSPS) is 26.0. The van der Waals surface area contributed by atoms with E-state index in [1.165, 1.54) is 16.1 Å². The first-order valence-electron chi connectivity index (χ1n) is 9.39. The maximum atomic E-state index is 13.5. The van der Waals surface area contributed by atoms with Gasteiger partial charge in [0, 0.05) is 33.5 Å². The van der Waals surface area contributed by atoms with E-state index in [9.17, 15) is 9.59 Å². The van der Waals surface area contributed by atoms with Gasteiger partial charge in [0.2, 0.25) is 11.8 Å². The molecule has 1 saturated heterocycles. The Kier molecular flexibility index (Phi) is 3.08. The lowest BCUT2D eigenvalue weighted by molar-refractivity contribution is -0.122. The number of aromatic nitrogens is 1. The number of carbonyl (C=O) groups excluding carboxylic acids is 2. The Hall–Kier alpha value is -2.40. The molecule has 4 nitrogen and oxygen atoms in total. The first kappa shape index (κ1) is 15.6. The summed E-state index contributed by atoms with van der Waals surface area (Å²) in [6.07, 6.45) is 1.85. The molecule has 3 heterocycles. The first-order chi connectivity index (χ1) is 13.1. The van der Waals surface area contributed by atoms with Crippen molar-refractivity contribution in [1.29, 1.82) is 0 Å². The molecular formula is C22H17BrN2O2. The van der Waals surface area contributed by atoms with E-state index < -0.39 is 0 Å². The van der Waals surface area contributed by atoms with Crippen molar-refractivity contribution < 1.29 is 9.59 Å². The number of para-hydroxylation sites is 1. The molecule has 0 N–H and O–H groups in total. The highest BCUT2D eigenvalue weighted by atomic mass is 79.9. The van der Waals surface area contributed by atoms with E-state index in [-0.39, 0.29) is 23.7 Å². The van der Waals surface area contributed by atoms with Crippen molar-refractivity contribution in [3.8, 4) is 0 Å². The lowest BCUT2D eigenvalue weighted by Crippen LogP contribution is -2.30. The van der Waals surface area contributed by atoms with Crippen LogP contribution in [0.5, 0.6) is 0 Å². The first-order valence-corrected chi connectivity index (χ1v) is 10.2. The number of amides is 2. The predicted octanol–water partition coefficient (Wildman–Crippen LogP) is 4.57. The second kappa shape index (κ2) is 5.32. The molecule has 3 atom stereocenters. The minimum absolute atomic E-state index is 0.0401. The summed E-state index contributed by atoms with van der Waals surface area (Å²) >= 11 is 3.42. The number of benzene rings is 2. The third-order valence-electron chi connectivity index (χ3n) is 6.50. The Balaban J connectivity index is 1.56. The zero-order valence-corrected chi connectivity index (χ0v) is 16.1. The van der Waals surface area contributed by atoms with E-state index in [1.807, 2.05) is 30.3 Å². The van der Waals surface area contributed by atoms with Gasteiger partial charge in [-0.25, -0.2) is 4.90 Å². The molecule has 3 aliphatic rings. The van der Waals surface area contributed by atoms with Gasteiger partial charge in [-0.1, -0.05) is 34.1 Å². The van der Waals surface area contributed by atoms with Gasteiger partial charge < -0.3 is 4.57 Å². The standard InChI is InChI=1S/C22H17BrN2O2/c23-13-5-7-14(8-6-13)25-21(26)16-11-12-9-10-24-17-4-2-1-3-15(17)18(20(12)24)19(16)22(25)27/h1-8,12,16,19H,9-11H2. The average molecular weight is 421 g/mol. The molecular weight excluding hydrogens is 404 g/mol. The van der Waals surface area contributed by atoms with Crippen molar-refractivity contribution >= 4 is 44.3 Å². The molecule has 6 rings (SSSR count). The van der Waals surface area contributed by atoms with Crippen molar-refractivity contribution in [2.24, 2.45) is 5.92 Å². The molecule has 5 heteroatoms. The molecule has 1 aromatic heterocycles. The predicted molar refractivity (Wildman–Crippen MR) is 107 cm³/mol. The van der Waals surface area contributed by atoms with E-state index in [1.54, 1.807) is 0 Å². The zero-order valence-electron chi connectivity index (χ0n) is 14.6. The summed E-state index contributed by atoms with van der Waals surface area (Å²) < 4.78 is 3.31. The number of hydrogen-bond donors (Lipinski definition) is 0. The largest absolute Gasteiger partial charge is 0.344 e. The summed E-state index contributed by atoms with van der Waals surface area (Å²) in [4.78, 5) is 28.1. The van der Waals surface area contributed by atoms with Gasteiger partial charge in [-0.05, 0) is 48.7 Å². The molecule has 27 heavy (non-hydrogen) atoms. The Morgan fingerprint density at radius 1 is 0.963 bits per heavy atom. The van der Waals surface area contributed by atoms with Gasteiger partial charge in [0.05, 0.1) is 17.5 Å². The zero-order chi connectivity index (χ0) is 18.3. The number of halogens is 1. The SMILES string of the molecule is O=C1C2CC3CCn4c3c(c3ccccc34)C2C(=O)N1c1ccc(Br)cc1. The number of aryl methyl sites for hydroxylation is 1. The van der Waals surface area contributed by atoms with Crippen molar-refractivity contribution in [3.05, 3.63) is 64.3 Å². The van der Waals surface area contributed by atoms with Crippen LogP contribution in [0.4, 0.5) is 5.69 Å². The lowest BCUT2D eigenvalue weighted by atomic mass is 9.73. The van der Waals surface area contributed by atoms with Crippen LogP contribution in [0.1, 0.15) is 35.9 Å². The molecule has 0 bridgehead atoms. The van der Waals surface area contributed by atoms with E-state index in [0.29, 0.717) is 11.6 Å². The number of carbonyl (C=O) groups is 2. The molecule has 1 fully saturated rings. The Morgan fingerprint density at radius 2 is 1.74 bits per heavy atom. The highest BCUT2D eigenvalue weighted by Crippen LogP contribution is 2.55. The Morgan fingerprint density at radius 3 is 2.56 bits per heavy atom. The molecule has 0 radical (unpaired) electrons. The third-order valence-corrected chi connectivity index (χ3v) is 7.03. The summed E-state index contributed by atoms with van der Waals surface area (Å²) in [5.74, 6) is -0.318. The topological polar surface area (TPSA) is 42.3 Å². The average Bonchev–Trinajstić information content (AvgIpc) is 3.32. The minimum atomic E-state index is -0.350. The molecule has 3 unspecified atom stereocenters. The third kappa shape index (κ3) is 1.93. The molecule has 0 spiro atoms. The van der Waals surface area contributed by atoms with Gasteiger partial charge in [0.15, 0.2) is 0 Å². The molecule has 2 aromatic carbocycles. The number of imide groups is 1. The lowest BCUT2D eigenvalue weighted by Gasteiger charge is -2.26. The van der Waals surface area contributed by atoms with Crippen LogP contribution in [0.25, 0.3) is 10.9 Å². The smallest absolute Gasteiger partial charge is 0.242 e. The van der Waals surface area contributed by atoms with Crippen LogP contribution >= 0.6 is 15.9 Å². The van der Waals surface area contributed by atoms with Crippen LogP contribution < -0.4 is 4.90 Å². The van der Waals surface area contributed by atoms with E-state index in [2.05, 4.69) is 38.7 Å². The number of hydrogen-bond acceptors (Lipinski definition) is 2. The molecule has 134 valence electrons. The van der Waals surface area contributed by atoms with Crippen molar-refractivity contribution in [3.63, 3.8) is 0 Å². The second-order valence-corrected chi connectivity index (χ2v) is 8.68. The van der Waals surface area contributed by atoms with Crippen LogP contribution in [0.15, 0.2) is 53.0 Å². The van der Waals surface area contributed by atoms with Crippen molar-refractivity contribution in [1.82, 2.24) is 4.57 Å². The number of fused-ring (bicyclic) bond motifs is 5. The Labute approximate surface area is 164 Å². The van der Waals surface area contributed by atoms with Gasteiger partial charge in [0.25, 0.3) is 0 Å². The van der Waals surface area contributed by atoms with Gasteiger partial charge in [-0.15, -0.1) is 0 Å². The molecule has 1 aliphatic carbocycles. The fourth-order valence-corrected chi connectivity index (χ4v) is 5.71. The van der Waals surface area contributed by atoms with Crippen LogP contribution in [-0.2, 0) is 16.1 Å². The monoisotopic (exact) mass is 420 g/mol. The number of anilines is 1. The molecule has 0 saturated carbocycles. The fraction of sp³-hybridized carbons (Fsp3) is 0.273. The van der Waals surface area contributed by atoms with E-state index in [0.717, 1.165) is 34.8 Å². The van der Waals surface area contributed by atoms with E-state index in [4.69, 9.17) is 0 Å². The summed E-state index contributed by atoms with van der Waals surface area (Å²) in [5.41, 5.74) is 4.29. The van der Waals surface area contributed by atoms with Gasteiger partial charge in [-0.2, -0.15) is 0 Å². The van der Waals surface area contributed by atoms with Crippen LogP contribution in [0.2, 0.25) is 0 Å². The number of rotatable bonds is 1. The molecule has 2 amide bonds. The van der Waals surface area contributed by atoms with E-state index >= 15 is 0 Å². The second-order valence-electron chi connectivity index (χ2n) is 7.76. The number of nitrogens with zero attached hydrogens (tertiary/aromatic N) is 2. The van der Waals surface area contributed by atoms with Crippen molar-refractivity contribution in [2.45, 2.75) is 31.2 Å². The highest BCUT2D eigenvalue weighted by molar-refractivity contribution is 9.10. The summed E-state index contributed by atoms with van der Waals surface area (Å²) in [5, 5.41) is 1.14. The molecule has 2 aliphatic heterocycles. The fourth-order valence-electron chi connectivity index (χ4n) is 5.45. The molecule has 3 aromatic rings. The van der Waals surface area contributed by atoms with Gasteiger partial charge >= 0.3 is 0 Å². The maximum Gasteiger partial charge on any atom is 0.242 e. The minimum Gasteiger partial charge on any atom is -0.344 e.